The lowest BCUT2D eigenvalue weighted by atomic mass is 9.92. The number of halogens is 1. The highest BCUT2D eigenvalue weighted by Crippen LogP contribution is 2.40. The maximum atomic E-state index is 12.4. The van der Waals surface area contributed by atoms with E-state index in [1.54, 1.807) is 0 Å². The molecule has 4 aromatic rings. The fraction of sp³-hybridized carbons (Fsp3) is 0.190. The zero-order valence-corrected chi connectivity index (χ0v) is 16.9. The average Bonchev–Trinajstić information content (AvgIpc) is 3.13. The molecule has 2 aromatic heterocycles. The third-order valence-electron chi connectivity index (χ3n) is 4.78. The van der Waals surface area contributed by atoms with E-state index < -0.39 is 0 Å². The average molecular weight is 428 g/mol. The third kappa shape index (κ3) is 2.71. The van der Waals surface area contributed by atoms with Gasteiger partial charge in [0.15, 0.2) is 0 Å². The zero-order valence-electron chi connectivity index (χ0n) is 14.5. The summed E-state index contributed by atoms with van der Waals surface area (Å²) < 4.78 is 1.49. The molecular weight excluding hydrogens is 410 g/mol. The monoisotopic (exact) mass is 427 g/mol. The first-order valence-corrected chi connectivity index (χ1v) is 10.1. The fourth-order valence-electron chi connectivity index (χ4n) is 3.44. The Hall–Kier alpha value is -1.95. The zero-order chi connectivity index (χ0) is 18.4. The summed E-state index contributed by atoms with van der Waals surface area (Å²) in [4.78, 5) is 15.4. The van der Waals surface area contributed by atoms with Gasteiger partial charge in [-0.3, -0.25) is 4.79 Å². The molecule has 0 saturated heterocycles. The number of hydrogen-bond donors (Lipinski definition) is 2. The van der Waals surface area contributed by atoms with Crippen molar-refractivity contribution < 1.29 is 5.11 Å². The van der Waals surface area contributed by atoms with Crippen LogP contribution >= 0.6 is 27.3 Å². The van der Waals surface area contributed by atoms with Crippen molar-refractivity contribution in [1.82, 2.24) is 4.98 Å². The molecule has 26 heavy (non-hydrogen) atoms. The molecule has 0 unspecified atom stereocenters. The number of pyridine rings is 1. The first-order valence-electron chi connectivity index (χ1n) is 8.47. The highest BCUT2D eigenvalue weighted by atomic mass is 79.9. The van der Waals surface area contributed by atoms with E-state index in [4.69, 9.17) is 0 Å². The van der Waals surface area contributed by atoms with Crippen LogP contribution in [0.25, 0.3) is 32.1 Å². The molecule has 0 aliphatic carbocycles. The standard InChI is InChI=1S/C21H18BrNO2S/c1-11(2)12-3-5-13(6-4-12)17-14(10-24)9-16(22)19-18(17)15-7-8-26-20(15)21(25)23-19/h3-9,11,24H,10H2,1-2H3,(H,23,25). The Bertz CT molecular complexity index is 1170. The molecule has 0 aliphatic rings. The maximum Gasteiger partial charge on any atom is 0.266 e. The predicted octanol–water partition coefficient (Wildman–Crippen LogP) is 5.79. The second-order valence-corrected chi connectivity index (χ2v) is 8.47. The van der Waals surface area contributed by atoms with Gasteiger partial charge in [-0.25, -0.2) is 0 Å². The van der Waals surface area contributed by atoms with Gasteiger partial charge in [0, 0.05) is 15.2 Å². The minimum atomic E-state index is -0.0824. The smallest absolute Gasteiger partial charge is 0.266 e. The van der Waals surface area contributed by atoms with Crippen molar-refractivity contribution in [2.75, 3.05) is 0 Å². The summed E-state index contributed by atoms with van der Waals surface area (Å²) in [7, 11) is 0. The Labute approximate surface area is 163 Å². The number of aliphatic hydroxyl groups is 1. The summed E-state index contributed by atoms with van der Waals surface area (Å²) in [6.45, 7) is 4.27. The van der Waals surface area contributed by atoms with Crippen LogP contribution in [-0.4, -0.2) is 10.1 Å². The topological polar surface area (TPSA) is 53.1 Å². The molecule has 132 valence electrons. The lowest BCUT2D eigenvalue weighted by Crippen LogP contribution is -2.06. The van der Waals surface area contributed by atoms with Gasteiger partial charge in [-0.1, -0.05) is 38.1 Å². The lowest BCUT2D eigenvalue weighted by Gasteiger charge is -2.15. The molecule has 2 aromatic carbocycles. The molecule has 0 amide bonds. The highest BCUT2D eigenvalue weighted by molar-refractivity contribution is 9.10. The summed E-state index contributed by atoms with van der Waals surface area (Å²) in [5.74, 6) is 0.461. The van der Waals surface area contributed by atoms with Crippen molar-refractivity contribution in [2.45, 2.75) is 26.4 Å². The van der Waals surface area contributed by atoms with E-state index in [-0.39, 0.29) is 12.2 Å². The highest BCUT2D eigenvalue weighted by Gasteiger charge is 2.18. The Balaban J connectivity index is 2.14. The molecule has 0 spiro atoms. The Morgan fingerprint density at radius 1 is 1.19 bits per heavy atom. The first kappa shape index (κ1) is 17.5. The van der Waals surface area contributed by atoms with E-state index in [0.29, 0.717) is 10.6 Å². The number of benzene rings is 2. The molecule has 0 aliphatic heterocycles. The minimum absolute atomic E-state index is 0.0689. The van der Waals surface area contributed by atoms with Crippen molar-refractivity contribution >= 4 is 48.3 Å². The van der Waals surface area contributed by atoms with Gasteiger partial charge in [0.05, 0.1) is 12.1 Å². The van der Waals surface area contributed by atoms with Crippen LogP contribution in [0.3, 0.4) is 0 Å². The van der Waals surface area contributed by atoms with Crippen molar-refractivity contribution in [3.05, 3.63) is 67.7 Å². The van der Waals surface area contributed by atoms with Crippen molar-refractivity contribution in [3.8, 4) is 11.1 Å². The van der Waals surface area contributed by atoms with E-state index in [1.807, 2.05) is 17.5 Å². The van der Waals surface area contributed by atoms with Gasteiger partial charge in [-0.15, -0.1) is 11.3 Å². The Morgan fingerprint density at radius 3 is 2.58 bits per heavy atom. The summed E-state index contributed by atoms with van der Waals surface area (Å²) in [5.41, 5.74) is 4.80. The Kier molecular flexibility index (Phi) is 4.47. The number of aliphatic hydroxyl groups excluding tert-OH is 1. The van der Waals surface area contributed by atoms with Crippen LogP contribution in [0.4, 0.5) is 0 Å². The van der Waals surface area contributed by atoms with E-state index in [9.17, 15) is 9.90 Å². The van der Waals surface area contributed by atoms with Gasteiger partial charge in [-0.05, 0) is 61.6 Å². The molecule has 2 heterocycles. The summed E-state index contributed by atoms with van der Waals surface area (Å²) in [6, 6.07) is 12.3. The molecule has 0 radical (unpaired) electrons. The van der Waals surface area contributed by atoms with Crippen LogP contribution in [0, 0.1) is 0 Å². The quantitative estimate of drug-likeness (QED) is 0.434. The SMILES string of the molecule is CC(C)c1ccc(-c2c(CO)cc(Br)c3[nH]c(=O)c4sccc4c23)cc1. The van der Waals surface area contributed by atoms with Gasteiger partial charge in [0.25, 0.3) is 5.56 Å². The molecule has 0 saturated carbocycles. The third-order valence-corrected chi connectivity index (χ3v) is 6.32. The van der Waals surface area contributed by atoms with Crippen LogP contribution < -0.4 is 5.56 Å². The number of rotatable bonds is 3. The largest absolute Gasteiger partial charge is 0.392 e. The van der Waals surface area contributed by atoms with Crippen LogP contribution in [0.2, 0.25) is 0 Å². The second kappa shape index (κ2) is 6.65. The van der Waals surface area contributed by atoms with Gasteiger partial charge < -0.3 is 10.1 Å². The van der Waals surface area contributed by atoms with E-state index in [0.717, 1.165) is 37.5 Å². The van der Waals surface area contributed by atoms with Crippen LogP contribution in [0.15, 0.2) is 51.0 Å². The first-order chi connectivity index (χ1) is 12.5. The van der Waals surface area contributed by atoms with Gasteiger partial charge in [0.1, 0.15) is 4.70 Å². The van der Waals surface area contributed by atoms with Crippen LogP contribution in [0.5, 0.6) is 0 Å². The lowest BCUT2D eigenvalue weighted by molar-refractivity contribution is 0.282. The number of fused-ring (bicyclic) bond motifs is 3. The number of aromatic nitrogens is 1. The summed E-state index contributed by atoms with van der Waals surface area (Å²) in [6.07, 6.45) is 0. The summed E-state index contributed by atoms with van der Waals surface area (Å²) in [5, 5.41) is 13.8. The van der Waals surface area contributed by atoms with Gasteiger partial charge >= 0.3 is 0 Å². The second-order valence-electron chi connectivity index (χ2n) is 6.69. The molecule has 0 bridgehead atoms. The number of nitrogens with one attached hydrogen (secondary N) is 1. The van der Waals surface area contributed by atoms with E-state index in [1.165, 1.54) is 16.9 Å². The molecule has 5 heteroatoms. The number of aromatic amines is 1. The minimum Gasteiger partial charge on any atom is -0.392 e. The predicted molar refractivity (Wildman–Crippen MR) is 113 cm³/mol. The van der Waals surface area contributed by atoms with Gasteiger partial charge in [-0.2, -0.15) is 0 Å². The normalized spacial score (nSPS) is 11.7. The van der Waals surface area contributed by atoms with Gasteiger partial charge in [0.2, 0.25) is 0 Å². The Morgan fingerprint density at radius 2 is 1.92 bits per heavy atom. The van der Waals surface area contributed by atoms with Crippen molar-refractivity contribution in [3.63, 3.8) is 0 Å². The number of H-pyrrole nitrogens is 1. The number of hydrogen-bond acceptors (Lipinski definition) is 3. The molecule has 0 atom stereocenters. The molecule has 0 fully saturated rings. The van der Waals surface area contributed by atoms with E-state index in [2.05, 4.69) is 59.0 Å². The maximum absolute atomic E-state index is 12.4. The van der Waals surface area contributed by atoms with Crippen molar-refractivity contribution in [1.29, 1.82) is 0 Å². The molecule has 4 rings (SSSR count). The van der Waals surface area contributed by atoms with Crippen LogP contribution in [-0.2, 0) is 6.61 Å². The molecule has 3 nitrogen and oxygen atoms in total. The molecule has 2 N–H and O–H groups in total. The van der Waals surface area contributed by atoms with Crippen LogP contribution in [0.1, 0.15) is 30.9 Å². The van der Waals surface area contributed by atoms with Crippen molar-refractivity contribution in [2.24, 2.45) is 0 Å². The van der Waals surface area contributed by atoms with E-state index >= 15 is 0 Å². The molecular formula is C21H18BrNO2S. The number of thiophene rings is 1. The fourth-order valence-corrected chi connectivity index (χ4v) is 4.80. The summed E-state index contributed by atoms with van der Waals surface area (Å²) >= 11 is 4.99.